The van der Waals surface area contributed by atoms with Gasteiger partial charge in [0.2, 0.25) is 10.0 Å². The quantitative estimate of drug-likeness (QED) is 0.782. The van der Waals surface area contributed by atoms with E-state index in [0.717, 1.165) is 6.07 Å². The fourth-order valence-corrected chi connectivity index (χ4v) is 3.71. The van der Waals surface area contributed by atoms with Crippen molar-refractivity contribution in [1.82, 2.24) is 9.21 Å². The topological polar surface area (TPSA) is 66.9 Å². The van der Waals surface area contributed by atoms with Crippen molar-refractivity contribution >= 4 is 32.0 Å². The predicted molar refractivity (Wildman–Crippen MR) is 76.8 cm³/mol. The number of sulfonamides is 1. The maximum Gasteiger partial charge on any atom is 0.409 e. The van der Waals surface area contributed by atoms with Crippen LogP contribution in [0.5, 0.6) is 0 Å². The normalized spacial score (nSPS) is 16.8. The molecule has 9 heteroatoms. The number of nitrogens with zero attached hydrogens (tertiary/aromatic N) is 2. The molecule has 0 unspecified atom stereocenters. The number of methoxy groups -OCH3 is 1. The summed E-state index contributed by atoms with van der Waals surface area (Å²) in [4.78, 5) is 12.7. The Bertz CT molecular complexity index is 645. The molecule has 2 rings (SSSR count). The number of rotatable bonds is 2. The van der Waals surface area contributed by atoms with Crippen LogP contribution in [0.25, 0.3) is 0 Å². The maximum absolute atomic E-state index is 13.5. The molecule has 1 heterocycles. The average molecular weight is 381 g/mol. The summed E-state index contributed by atoms with van der Waals surface area (Å²) in [6.07, 6.45) is -0.485. The third-order valence-electron chi connectivity index (χ3n) is 3.20. The first-order valence-corrected chi connectivity index (χ1v) is 8.37. The van der Waals surface area contributed by atoms with Crippen LogP contribution in [0, 0.1) is 5.82 Å². The molecule has 0 aliphatic carbocycles. The van der Waals surface area contributed by atoms with E-state index in [1.165, 1.54) is 28.4 Å². The lowest BCUT2D eigenvalue weighted by Crippen LogP contribution is -2.50. The van der Waals surface area contributed by atoms with Gasteiger partial charge < -0.3 is 9.64 Å². The monoisotopic (exact) mass is 380 g/mol. The van der Waals surface area contributed by atoms with Crippen LogP contribution < -0.4 is 0 Å². The summed E-state index contributed by atoms with van der Waals surface area (Å²) >= 11 is 2.98. The van der Waals surface area contributed by atoms with Gasteiger partial charge >= 0.3 is 6.09 Å². The third-order valence-corrected chi connectivity index (χ3v) is 5.74. The molecule has 21 heavy (non-hydrogen) atoms. The summed E-state index contributed by atoms with van der Waals surface area (Å²) in [5, 5.41) is 0. The second kappa shape index (κ2) is 6.29. The SMILES string of the molecule is COC(=O)N1CCN(S(=O)(=O)c2ccc(Br)c(F)c2)CC1. The molecule has 0 radical (unpaired) electrons. The lowest BCUT2D eigenvalue weighted by molar-refractivity contribution is 0.108. The summed E-state index contributed by atoms with van der Waals surface area (Å²) in [5.41, 5.74) is 0. The second-order valence-electron chi connectivity index (χ2n) is 4.44. The molecule has 1 aliphatic rings. The van der Waals surface area contributed by atoms with Gasteiger partial charge in [0.05, 0.1) is 16.5 Å². The number of carbonyl (C=O) groups excluding carboxylic acids is 1. The Balaban J connectivity index is 2.14. The van der Waals surface area contributed by atoms with Gasteiger partial charge in [0.25, 0.3) is 0 Å². The summed E-state index contributed by atoms with van der Waals surface area (Å²) in [6, 6.07) is 3.67. The summed E-state index contributed by atoms with van der Waals surface area (Å²) in [7, 11) is -2.49. The Morgan fingerprint density at radius 1 is 1.29 bits per heavy atom. The highest BCUT2D eigenvalue weighted by atomic mass is 79.9. The fourth-order valence-electron chi connectivity index (χ4n) is 2.03. The van der Waals surface area contributed by atoms with Crippen molar-refractivity contribution in [2.24, 2.45) is 0 Å². The standard InChI is InChI=1S/C12H14BrFN2O4S/c1-20-12(17)15-4-6-16(7-5-15)21(18,19)9-2-3-10(13)11(14)8-9/h2-3,8H,4-7H2,1H3. The molecule has 1 amide bonds. The highest BCUT2D eigenvalue weighted by Gasteiger charge is 2.30. The van der Waals surface area contributed by atoms with E-state index in [2.05, 4.69) is 20.7 Å². The first-order valence-electron chi connectivity index (χ1n) is 6.14. The van der Waals surface area contributed by atoms with Crippen LogP contribution in [0.1, 0.15) is 0 Å². The molecule has 1 saturated heterocycles. The van der Waals surface area contributed by atoms with E-state index in [0.29, 0.717) is 0 Å². The minimum atomic E-state index is -3.76. The Morgan fingerprint density at radius 2 is 1.90 bits per heavy atom. The average Bonchev–Trinajstić information content (AvgIpc) is 2.49. The first kappa shape index (κ1) is 16.2. The number of carbonyl (C=O) groups is 1. The molecule has 0 N–H and O–H groups in total. The van der Waals surface area contributed by atoms with Crippen LogP contribution >= 0.6 is 15.9 Å². The number of piperazine rings is 1. The van der Waals surface area contributed by atoms with Gasteiger partial charge in [0, 0.05) is 26.2 Å². The highest BCUT2D eigenvalue weighted by molar-refractivity contribution is 9.10. The van der Waals surface area contributed by atoms with E-state index in [-0.39, 0.29) is 35.5 Å². The van der Waals surface area contributed by atoms with Gasteiger partial charge in [-0.15, -0.1) is 0 Å². The largest absolute Gasteiger partial charge is 0.453 e. The molecule has 116 valence electrons. The minimum Gasteiger partial charge on any atom is -0.453 e. The van der Waals surface area contributed by atoms with Crippen molar-refractivity contribution < 1.29 is 22.3 Å². The molecule has 1 aromatic carbocycles. The van der Waals surface area contributed by atoms with Gasteiger partial charge in [-0.05, 0) is 34.1 Å². The number of benzene rings is 1. The Labute approximate surface area is 130 Å². The van der Waals surface area contributed by atoms with Crippen LogP contribution in [0.3, 0.4) is 0 Å². The summed E-state index contributed by atoms with van der Waals surface area (Å²) in [6.45, 7) is 0.778. The molecule has 0 bridgehead atoms. The number of hydrogen-bond donors (Lipinski definition) is 0. The molecule has 0 aromatic heterocycles. The van der Waals surface area contributed by atoms with Crippen molar-refractivity contribution in [2.45, 2.75) is 4.90 Å². The van der Waals surface area contributed by atoms with E-state index in [9.17, 15) is 17.6 Å². The molecule has 1 aromatic rings. The molecule has 1 aliphatic heterocycles. The molecule has 1 fully saturated rings. The summed E-state index contributed by atoms with van der Waals surface area (Å²) in [5.74, 6) is -0.635. The predicted octanol–water partition coefficient (Wildman–Crippen LogP) is 1.66. The van der Waals surface area contributed by atoms with Crippen LogP contribution in [0.4, 0.5) is 9.18 Å². The van der Waals surface area contributed by atoms with Crippen LogP contribution in [-0.2, 0) is 14.8 Å². The molecular formula is C12H14BrFN2O4S. The van der Waals surface area contributed by atoms with Gasteiger partial charge in [-0.1, -0.05) is 0 Å². The minimum absolute atomic E-state index is 0.102. The fraction of sp³-hybridized carbons (Fsp3) is 0.417. The molecule has 6 nitrogen and oxygen atoms in total. The van der Waals surface area contributed by atoms with Gasteiger partial charge in [0.15, 0.2) is 0 Å². The molecule has 0 atom stereocenters. The van der Waals surface area contributed by atoms with E-state index >= 15 is 0 Å². The highest BCUT2D eigenvalue weighted by Crippen LogP contribution is 2.23. The Kier molecular flexibility index (Phi) is 4.84. The van der Waals surface area contributed by atoms with Crippen molar-refractivity contribution in [3.63, 3.8) is 0 Å². The summed E-state index contributed by atoms with van der Waals surface area (Å²) < 4.78 is 44.3. The lowest BCUT2D eigenvalue weighted by Gasteiger charge is -2.33. The van der Waals surface area contributed by atoms with Gasteiger partial charge in [0.1, 0.15) is 5.82 Å². The second-order valence-corrected chi connectivity index (χ2v) is 7.23. The number of halogens is 2. The maximum atomic E-state index is 13.5. The molecular weight excluding hydrogens is 367 g/mol. The zero-order chi connectivity index (χ0) is 15.6. The molecule has 0 spiro atoms. The Hall–Kier alpha value is -1.19. The van der Waals surface area contributed by atoms with Crippen molar-refractivity contribution in [3.05, 3.63) is 28.5 Å². The lowest BCUT2D eigenvalue weighted by atomic mass is 10.3. The zero-order valence-corrected chi connectivity index (χ0v) is 13.7. The van der Waals surface area contributed by atoms with E-state index in [1.54, 1.807) is 0 Å². The van der Waals surface area contributed by atoms with Crippen molar-refractivity contribution in [1.29, 1.82) is 0 Å². The first-order chi connectivity index (χ1) is 9.86. The van der Waals surface area contributed by atoms with E-state index < -0.39 is 21.9 Å². The van der Waals surface area contributed by atoms with Crippen molar-refractivity contribution in [3.8, 4) is 0 Å². The number of hydrogen-bond acceptors (Lipinski definition) is 4. The third kappa shape index (κ3) is 3.35. The zero-order valence-electron chi connectivity index (χ0n) is 11.3. The Morgan fingerprint density at radius 3 is 2.43 bits per heavy atom. The van der Waals surface area contributed by atoms with Crippen LogP contribution in [0.2, 0.25) is 0 Å². The van der Waals surface area contributed by atoms with Gasteiger partial charge in [-0.2, -0.15) is 4.31 Å². The van der Waals surface area contributed by atoms with Gasteiger partial charge in [-0.3, -0.25) is 0 Å². The van der Waals surface area contributed by atoms with E-state index in [1.807, 2.05) is 0 Å². The van der Waals surface area contributed by atoms with Crippen LogP contribution in [-0.4, -0.2) is 57.0 Å². The van der Waals surface area contributed by atoms with E-state index in [4.69, 9.17) is 0 Å². The number of amides is 1. The number of ether oxygens (including phenoxy) is 1. The van der Waals surface area contributed by atoms with Gasteiger partial charge in [-0.25, -0.2) is 17.6 Å². The smallest absolute Gasteiger partial charge is 0.409 e. The van der Waals surface area contributed by atoms with Crippen LogP contribution in [0.15, 0.2) is 27.6 Å². The molecule has 0 saturated carbocycles. The van der Waals surface area contributed by atoms with Crippen molar-refractivity contribution in [2.75, 3.05) is 33.3 Å².